The molecule has 0 saturated carbocycles. The number of thiophene rings is 1. The minimum absolute atomic E-state index is 0.0770. The lowest BCUT2D eigenvalue weighted by molar-refractivity contribution is 0.861. The van der Waals surface area contributed by atoms with Crippen LogP contribution in [-0.2, 0) is 0 Å². The van der Waals surface area contributed by atoms with E-state index >= 15 is 0 Å². The Hall–Kier alpha value is -0.160. The van der Waals surface area contributed by atoms with E-state index in [4.69, 9.17) is 5.73 Å². The van der Waals surface area contributed by atoms with Gasteiger partial charge >= 0.3 is 0 Å². The van der Waals surface area contributed by atoms with Crippen molar-refractivity contribution >= 4 is 43.2 Å². The van der Waals surface area contributed by atoms with Gasteiger partial charge in [0.2, 0.25) is 0 Å². The topological polar surface area (TPSA) is 26.0 Å². The van der Waals surface area contributed by atoms with Gasteiger partial charge < -0.3 is 5.73 Å². The lowest BCUT2D eigenvalue weighted by Crippen LogP contribution is -2.12. The molecule has 1 atom stereocenters. The third-order valence-corrected chi connectivity index (χ3v) is 5.04. The number of hydrogen-bond acceptors (Lipinski definition) is 2. The van der Waals surface area contributed by atoms with Crippen LogP contribution in [0.5, 0.6) is 0 Å². The first-order valence-corrected chi connectivity index (χ1v) is 7.66. The van der Waals surface area contributed by atoms with E-state index in [1.165, 1.54) is 16.0 Å². The van der Waals surface area contributed by atoms with Crippen LogP contribution < -0.4 is 5.73 Å². The van der Waals surface area contributed by atoms with Crippen LogP contribution in [0, 0.1) is 13.8 Å². The summed E-state index contributed by atoms with van der Waals surface area (Å²) < 4.78 is 2.20. The fourth-order valence-electron chi connectivity index (χ4n) is 1.84. The Labute approximate surface area is 122 Å². The van der Waals surface area contributed by atoms with Crippen molar-refractivity contribution in [1.82, 2.24) is 0 Å². The molecule has 2 aromatic rings. The van der Waals surface area contributed by atoms with Crippen LogP contribution >= 0.6 is 43.2 Å². The minimum Gasteiger partial charge on any atom is -0.320 e. The predicted molar refractivity (Wildman–Crippen MR) is 81.7 cm³/mol. The summed E-state index contributed by atoms with van der Waals surface area (Å²) in [5.41, 5.74) is 9.91. The van der Waals surface area contributed by atoms with E-state index in [9.17, 15) is 0 Å². The van der Waals surface area contributed by atoms with E-state index in [0.29, 0.717) is 0 Å². The second-order valence-corrected chi connectivity index (χ2v) is 7.55. The number of hydrogen-bond donors (Lipinski definition) is 1. The highest BCUT2D eigenvalue weighted by Crippen LogP contribution is 2.35. The summed E-state index contributed by atoms with van der Waals surface area (Å²) in [6.45, 7) is 4.19. The Morgan fingerprint density at radius 2 is 1.82 bits per heavy atom. The van der Waals surface area contributed by atoms with E-state index in [-0.39, 0.29) is 6.04 Å². The number of halogens is 2. The van der Waals surface area contributed by atoms with Crippen LogP contribution in [0.25, 0.3) is 0 Å². The molecule has 1 nitrogen and oxygen atoms in total. The molecule has 1 unspecified atom stereocenters. The smallest absolute Gasteiger partial charge is 0.0704 e. The van der Waals surface area contributed by atoms with Gasteiger partial charge in [-0.15, -0.1) is 11.3 Å². The van der Waals surface area contributed by atoms with E-state index in [2.05, 4.69) is 70.0 Å². The van der Waals surface area contributed by atoms with Gasteiger partial charge in [0.1, 0.15) is 0 Å². The summed E-state index contributed by atoms with van der Waals surface area (Å²) in [4.78, 5) is 1.26. The lowest BCUT2D eigenvalue weighted by Gasteiger charge is -2.14. The van der Waals surface area contributed by atoms with Crippen molar-refractivity contribution in [3.8, 4) is 0 Å². The monoisotopic (exact) mass is 373 g/mol. The summed E-state index contributed by atoms with van der Waals surface area (Å²) in [7, 11) is 0. The Bertz CT molecular complexity index is 548. The molecule has 2 rings (SSSR count). The van der Waals surface area contributed by atoms with Crippen molar-refractivity contribution in [1.29, 1.82) is 0 Å². The van der Waals surface area contributed by atoms with Gasteiger partial charge in [0, 0.05) is 9.35 Å². The van der Waals surface area contributed by atoms with Crippen molar-refractivity contribution in [3.05, 3.63) is 54.1 Å². The summed E-state index contributed by atoms with van der Waals surface area (Å²) in [6.07, 6.45) is 0. The molecule has 0 saturated heterocycles. The molecule has 0 spiro atoms. The molecule has 0 bridgehead atoms. The molecular formula is C13H13Br2NS. The fraction of sp³-hybridized carbons (Fsp3) is 0.231. The van der Waals surface area contributed by atoms with Crippen LogP contribution in [0.2, 0.25) is 0 Å². The standard InChI is InChI=1S/C13H13Br2NS/c1-7-3-4-11(14)10(5-7)13(16)9-6-12(15)17-8(9)2/h3-6,13H,16H2,1-2H3. The molecule has 1 aromatic heterocycles. The first kappa shape index (κ1) is 13.3. The van der Waals surface area contributed by atoms with Crippen molar-refractivity contribution in [2.24, 2.45) is 5.73 Å². The van der Waals surface area contributed by atoms with Crippen molar-refractivity contribution in [2.45, 2.75) is 19.9 Å². The second-order valence-electron chi connectivity index (χ2n) is 4.06. The molecule has 17 heavy (non-hydrogen) atoms. The second kappa shape index (κ2) is 5.22. The van der Waals surface area contributed by atoms with Gasteiger partial charge in [-0.2, -0.15) is 0 Å². The van der Waals surface area contributed by atoms with Gasteiger partial charge in [-0.1, -0.05) is 33.6 Å². The van der Waals surface area contributed by atoms with E-state index in [1.807, 2.05) is 0 Å². The van der Waals surface area contributed by atoms with Crippen LogP contribution in [0.3, 0.4) is 0 Å². The highest BCUT2D eigenvalue weighted by Gasteiger charge is 2.16. The van der Waals surface area contributed by atoms with Crippen LogP contribution in [0.1, 0.15) is 27.6 Å². The van der Waals surface area contributed by atoms with Gasteiger partial charge in [-0.3, -0.25) is 0 Å². The summed E-state index contributed by atoms with van der Waals surface area (Å²) in [6, 6.07) is 8.31. The Morgan fingerprint density at radius 3 is 2.41 bits per heavy atom. The zero-order chi connectivity index (χ0) is 12.6. The van der Waals surface area contributed by atoms with Crippen LogP contribution in [0.4, 0.5) is 0 Å². The highest BCUT2D eigenvalue weighted by molar-refractivity contribution is 9.11. The van der Waals surface area contributed by atoms with Gasteiger partial charge in [0.15, 0.2) is 0 Å². The minimum atomic E-state index is -0.0770. The maximum atomic E-state index is 6.36. The SMILES string of the molecule is Cc1ccc(Br)c(C(N)c2cc(Br)sc2C)c1. The first-order chi connectivity index (χ1) is 7.99. The average molecular weight is 375 g/mol. The Kier molecular flexibility index (Phi) is 4.08. The molecule has 2 N–H and O–H groups in total. The van der Waals surface area contributed by atoms with Crippen LogP contribution in [-0.4, -0.2) is 0 Å². The maximum absolute atomic E-state index is 6.36. The summed E-state index contributed by atoms with van der Waals surface area (Å²) >= 11 is 8.80. The first-order valence-electron chi connectivity index (χ1n) is 5.26. The largest absolute Gasteiger partial charge is 0.320 e. The molecule has 1 heterocycles. The molecule has 0 aliphatic heterocycles. The van der Waals surface area contributed by atoms with Gasteiger partial charge in [-0.05, 0) is 53.0 Å². The number of benzene rings is 1. The van der Waals surface area contributed by atoms with Gasteiger partial charge in [0.25, 0.3) is 0 Å². The van der Waals surface area contributed by atoms with E-state index in [0.717, 1.165) is 13.8 Å². The van der Waals surface area contributed by atoms with Crippen molar-refractivity contribution < 1.29 is 0 Å². The summed E-state index contributed by atoms with van der Waals surface area (Å²) in [5, 5.41) is 0. The summed E-state index contributed by atoms with van der Waals surface area (Å²) in [5.74, 6) is 0. The number of rotatable bonds is 2. The highest BCUT2D eigenvalue weighted by atomic mass is 79.9. The molecule has 0 fully saturated rings. The molecular weight excluding hydrogens is 362 g/mol. The Balaban J connectivity index is 2.46. The third-order valence-electron chi connectivity index (χ3n) is 2.75. The fourth-order valence-corrected chi connectivity index (χ4v) is 4.09. The molecule has 0 aliphatic carbocycles. The molecule has 0 amide bonds. The number of nitrogens with two attached hydrogens (primary N) is 1. The van der Waals surface area contributed by atoms with E-state index in [1.54, 1.807) is 11.3 Å². The lowest BCUT2D eigenvalue weighted by atomic mass is 9.99. The third kappa shape index (κ3) is 2.81. The quantitative estimate of drug-likeness (QED) is 0.791. The van der Waals surface area contributed by atoms with Crippen molar-refractivity contribution in [3.63, 3.8) is 0 Å². The zero-order valence-corrected chi connectivity index (χ0v) is 13.6. The average Bonchev–Trinajstić information content (AvgIpc) is 2.60. The molecule has 4 heteroatoms. The van der Waals surface area contributed by atoms with Crippen LogP contribution in [0.15, 0.2) is 32.5 Å². The normalized spacial score (nSPS) is 12.8. The van der Waals surface area contributed by atoms with Gasteiger partial charge in [0.05, 0.1) is 9.83 Å². The molecule has 1 aromatic carbocycles. The molecule has 0 radical (unpaired) electrons. The van der Waals surface area contributed by atoms with Crippen molar-refractivity contribution in [2.75, 3.05) is 0 Å². The van der Waals surface area contributed by atoms with Gasteiger partial charge in [-0.25, -0.2) is 0 Å². The zero-order valence-electron chi connectivity index (χ0n) is 9.63. The molecule has 0 aliphatic rings. The van der Waals surface area contributed by atoms with E-state index < -0.39 is 0 Å². The predicted octanol–water partition coefficient (Wildman–Crippen LogP) is 4.94. The maximum Gasteiger partial charge on any atom is 0.0704 e. The number of aryl methyl sites for hydroxylation is 2. The Morgan fingerprint density at radius 1 is 1.12 bits per heavy atom. The molecule has 90 valence electrons.